The fourth-order valence-electron chi connectivity index (χ4n) is 4.29. The average molecular weight is 434 g/mol. The van der Waals surface area contributed by atoms with Gasteiger partial charge in [0.2, 0.25) is 5.91 Å². The van der Waals surface area contributed by atoms with Crippen LogP contribution < -0.4 is 16.0 Å². The minimum atomic E-state index is -0.235. The summed E-state index contributed by atoms with van der Waals surface area (Å²) in [4.78, 5) is 18.8. The fourth-order valence-corrected chi connectivity index (χ4v) is 4.29. The molecule has 2 fully saturated rings. The van der Waals surface area contributed by atoms with E-state index in [0.717, 1.165) is 31.5 Å². The summed E-state index contributed by atoms with van der Waals surface area (Å²) >= 11 is 0. The van der Waals surface area contributed by atoms with Crippen molar-refractivity contribution in [2.45, 2.75) is 50.6 Å². The summed E-state index contributed by atoms with van der Waals surface area (Å²) in [7, 11) is 1.72. The van der Waals surface area contributed by atoms with Gasteiger partial charge in [-0.05, 0) is 30.5 Å². The molecule has 1 aliphatic heterocycles. The molecule has 3 N–H and O–H groups in total. The van der Waals surface area contributed by atoms with Gasteiger partial charge in [0.1, 0.15) is 5.82 Å². The van der Waals surface area contributed by atoms with Gasteiger partial charge in [-0.2, -0.15) is 0 Å². The first-order valence-electron chi connectivity index (χ1n) is 11.5. The highest BCUT2D eigenvalue weighted by Crippen LogP contribution is 2.21. The van der Waals surface area contributed by atoms with Gasteiger partial charge in [-0.15, -0.1) is 0 Å². The van der Waals surface area contributed by atoms with Gasteiger partial charge in [0.05, 0.1) is 19.3 Å². The van der Waals surface area contributed by atoms with E-state index >= 15 is 0 Å². The standard InChI is InChI=1S/C23H36FN5O2/c1-25-23(26-12-11-22(30)28-20-5-3-2-4-6-20)27-17-21(29-13-15-31-16-14-29)18-7-9-19(24)10-8-18/h7-10,20-21H,2-6,11-17H2,1H3,(H,28,30)(H2,25,26,27). The van der Waals surface area contributed by atoms with Crippen LogP contribution in [-0.2, 0) is 9.53 Å². The smallest absolute Gasteiger partial charge is 0.221 e. The lowest BCUT2D eigenvalue weighted by Crippen LogP contribution is -2.47. The van der Waals surface area contributed by atoms with Gasteiger partial charge in [0.25, 0.3) is 0 Å². The summed E-state index contributed by atoms with van der Waals surface area (Å²) in [5.41, 5.74) is 1.05. The van der Waals surface area contributed by atoms with Gasteiger partial charge in [-0.1, -0.05) is 31.4 Å². The van der Waals surface area contributed by atoms with Crippen LogP contribution in [0.2, 0.25) is 0 Å². The predicted molar refractivity (Wildman–Crippen MR) is 121 cm³/mol. The van der Waals surface area contributed by atoms with Crippen molar-refractivity contribution in [1.82, 2.24) is 20.9 Å². The SMILES string of the molecule is CN=C(NCCC(=O)NC1CCCCC1)NCC(c1ccc(F)cc1)N1CCOCC1. The Morgan fingerprint density at radius 3 is 2.55 bits per heavy atom. The van der Waals surface area contributed by atoms with Crippen LogP contribution in [0.1, 0.15) is 50.1 Å². The Balaban J connectivity index is 1.47. The quantitative estimate of drug-likeness (QED) is 0.433. The molecule has 0 spiro atoms. The number of ether oxygens (including phenoxy) is 1. The van der Waals surface area contributed by atoms with Crippen LogP contribution in [0, 0.1) is 5.82 Å². The normalized spacial score (nSPS) is 19.6. The van der Waals surface area contributed by atoms with Gasteiger partial charge >= 0.3 is 0 Å². The zero-order chi connectivity index (χ0) is 21.9. The molecule has 0 aromatic heterocycles. The van der Waals surface area contributed by atoms with Crippen molar-refractivity contribution in [3.8, 4) is 0 Å². The predicted octanol–water partition coefficient (Wildman–Crippen LogP) is 2.20. The molecule has 1 atom stereocenters. The number of nitrogens with one attached hydrogen (secondary N) is 3. The number of rotatable bonds is 8. The fraction of sp³-hybridized carbons (Fsp3) is 0.652. The minimum absolute atomic E-state index is 0.0812. The van der Waals surface area contributed by atoms with E-state index in [1.165, 1.54) is 31.4 Å². The number of benzene rings is 1. The molecule has 1 unspecified atom stereocenters. The number of hydrogen-bond acceptors (Lipinski definition) is 4. The van der Waals surface area contributed by atoms with Crippen LogP contribution in [0.3, 0.4) is 0 Å². The molecule has 1 saturated carbocycles. The van der Waals surface area contributed by atoms with Crippen molar-refractivity contribution in [3.05, 3.63) is 35.6 Å². The Hall–Kier alpha value is -2.19. The molecule has 0 radical (unpaired) electrons. The highest BCUT2D eigenvalue weighted by molar-refractivity contribution is 5.81. The van der Waals surface area contributed by atoms with Gasteiger partial charge in [0.15, 0.2) is 5.96 Å². The van der Waals surface area contributed by atoms with Crippen LogP contribution in [0.5, 0.6) is 0 Å². The lowest BCUT2D eigenvalue weighted by molar-refractivity contribution is -0.121. The second-order valence-electron chi connectivity index (χ2n) is 8.25. The molecule has 3 rings (SSSR count). The molecule has 1 saturated heterocycles. The number of carbonyl (C=O) groups excluding carboxylic acids is 1. The molecule has 1 aliphatic carbocycles. The molecule has 1 amide bonds. The zero-order valence-corrected chi connectivity index (χ0v) is 18.5. The number of halogens is 1. The van der Waals surface area contributed by atoms with Gasteiger partial charge in [0, 0.05) is 45.7 Å². The summed E-state index contributed by atoms with van der Waals surface area (Å²) < 4.78 is 18.9. The lowest BCUT2D eigenvalue weighted by Gasteiger charge is -2.35. The lowest BCUT2D eigenvalue weighted by atomic mass is 9.95. The topological polar surface area (TPSA) is 78.0 Å². The van der Waals surface area contributed by atoms with E-state index in [2.05, 4.69) is 25.8 Å². The molecule has 2 aliphatic rings. The Labute approximate surface area is 184 Å². The van der Waals surface area contributed by atoms with Crippen molar-refractivity contribution in [3.63, 3.8) is 0 Å². The van der Waals surface area contributed by atoms with Crippen LogP contribution in [0.4, 0.5) is 4.39 Å². The van der Waals surface area contributed by atoms with Gasteiger partial charge < -0.3 is 20.7 Å². The summed E-state index contributed by atoms with van der Waals surface area (Å²) in [5.74, 6) is 0.514. The van der Waals surface area contributed by atoms with E-state index in [4.69, 9.17) is 4.74 Å². The number of nitrogens with zero attached hydrogens (tertiary/aromatic N) is 2. The van der Waals surface area contributed by atoms with Crippen molar-refractivity contribution < 1.29 is 13.9 Å². The monoisotopic (exact) mass is 433 g/mol. The Kier molecular flexibility index (Phi) is 9.55. The van der Waals surface area contributed by atoms with Crippen molar-refractivity contribution in [1.29, 1.82) is 0 Å². The Morgan fingerprint density at radius 1 is 1.16 bits per heavy atom. The Morgan fingerprint density at radius 2 is 1.87 bits per heavy atom. The third kappa shape index (κ3) is 7.78. The molecule has 0 bridgehead atoms. The number of aliphatic imine (C=N–C) groups is 1. The molecular formula is C23H36FN5O2. The van der Waals surface area contributed by atoms with Crippen LogP contribution in [0.25, 0.3) is 0 Å². The maximum atomic E-state index is 13.4. The molecule has 1 aromatic carbocycles. The van der Waals surface area contributed by atoms with Crippen LogP contribution >= 0.6 is 0 Å². The third-order valence-corrected chi connectivity index (χ3v) is 6.04. The number of guanidine groups is 1. The largest absolute Gasteiger partial charge is 0.379 e. The van der Waals surface area contributed by atoms with E-state index < -0.39 is 0 Å². The number of morpholine rings is 1. The molecule has 172 valence electrons. The van der Waals surface area contributed by atoms with E-state index in [1.807, 2.05) is 12.1 Å². The van der Waals surface area contributed by atoms with Gasteiger partial charge in [-0.25, -0.2) is 4.39 Å². The highest BCUT2D eigenvalue weighted by Gasteiger charge is 2.23. The zero-order valence-electron chi connectivity index (χ0n) is 18.5. The summed E-state index contributed by atoms with van der Waals surface area (Å²) in [6, 6.07) is 7.09. The summed E-state index contributed by atoms with van der Waals surface area (Å²) in [5, 5.41) is 9.74. The summed E-state index contributed by atoms with van der Waals surface area (Å²) in [6.07, 6.45) is 6.29. The molecule has 1 heterocycles. The number of hydrogen-bond donors (Lipinski definition) is 3. The molecular weight excluding hydrogens is 397 g/mol. The van der Waals surface area contributed by atoms with Crippen molar-refractivity contribution in [2.24, 2.45) is 4.99 Å². The number of carbonyl (C=O) groups is 1. The molecule has 7 nitrogen and oxygen atoms in total. The first-order chi connectivity index (χ1) is 15.2. The van der Waals surface area contributed by atoms with Crippen LogP contribution in [-0.4, -0.2) is 69.2 Å². The van der Waals surface area contributed by atoms with Gasteiger partial charge in [-0.3, -0.25) is 14.7 Å². The molecule has 1 aromatic rings. The van der Waals surface area contributed by atoms with E-state index in [1.54, 1.807) is 7.05 Å². The second-order valence-corrected chi connectivity index (χ2v) is 8.25. The van der Waals surface area contributed by atoms with E-state index in [9.17, 15) is 9.18 Å². The molecule has 8 heteroatoms. The van der Waals surface area contributed by atoms with E-state index in [0.29, 0.717) is 44.7 Å². The van der Waals surface area contributed by atoms with Crippen molar-refractivity contribution in [2.75, 3.05) is 46.4 Å². The van der Waals surface area contributed by atoms with Crippen LogP contribution in [0.15, 0.2) is 29.3 Å². The third-order valence-electron chi connectivity index (χ3n) is 6.04. The highest BCUT2D eigenvalue weighted by atomic mass is 19.1. The molecule has 31 heavy (non-hydrogen) atoms. The van der Waals surface area contributed by atoms with E-state index in [-0.39, 0.29) is 17.8 Å². The maximum absolute atomic E-state index is 13.4. The minimum Gasteiger partial charge on any atom is -0.379 e. The maximum Gasteiger partial charge on any atom is 0.221 e. The summed E-state index contributed by atoms with van der Waals surface area (Å²) in [6.45, 7) is 4.20. The number of amides is 1. The van der Waals surface area contributed by atoms with Crippen molar-refractivity contribution >= 4 is 11.9 Å². The first-order valence-corrected chi connectivity index (χ1v) is 11.5. The Bertz CT molecular complexity index is 700. The average Bonchev–Trinajstić information content (AvgIpc) is 2.80. The second kappa shape index (κ2) is 12.6. The first kappa shape index (κ1) is 23.5.